The lowest BCUT2D eigenvalue weighted by molar-refractivity contribution is 0.396. The van der Waals surface area contributed by atoms with Gasteiger partial charge in [0.2, 0.25) is 0 Å². The van der Waals surface area contributed by atoms with E-state index in [9.17, 15) is 0 Å². The first-order valence-electron chi connectivity index (χ1n) is 4.88. The van der Waals surface area contributed by atoms with Gasteiger partial charge < -0.3 is 9.47 Å². The molecule has 78 valence electrons. The summed E-state index contributed by atoms with van der Waals surface area (Å²) in [5.41, 5.74) is 1.15. The Labute approximate surface area is 89.4 Å². The Bertz CT molecular complexity index is 489. The molecule has 0 heterocycles. The van der Waals surface area contributed by atoms with Crippen molar-refractivity contribution in [3.05, 3.63) is 35.9 Å². The molecule has 2 nitrogen and oxygen atoms in total. The van der Waals surface area contributed by atoms with Gasteiger partial charge in [-0.3, -0.25) is 0 Å². The molecule has 0 fully saturated rings. The van der Waals surface area contributed by atoms with E-state index in [1.165, 1.54) is 5.39 Å². The van der Waals surface area contributed by atoms with E-state index in [0.717, 1.165) is 22.4 Å². The van der Waals surface area contributed by atoms with Crippen molar-refractivity contribution in [3.63, 3.8) is 0 Å². The molecule has 0 spiro atoms. The predicted octanol–water partition coefficient (Wildman–Crippen LogP) is 3.17. The smallest absolute Gasteiger partial charge is 0.130 e. The number of hydrogen-bond acceptors (Lipinski definition) is 2. The summed E-state index contributed by atoms with van der Waals surface area (Å²) >= 11 is 0. The molecule has 0 aromatic heterocycles. The van der Waals surface area contributed by atoms with Gasteiger partial charge in [0.05, 0.1) is 14.2 Å². The highest BCUT2D eigenvalue weighted by Crippen LogP contribution is 2.34. The lowest BCUT2D eigenvalue weighted by atomic mass is 10.0. The monoisotopic (exact) mass is 202 g/mol. The average Bonchev–Trinajstić information content (AvgIpc) is 2.30. The number of benzene rings is 2. The molecule has 0 saturated heterocycles. The van der Waals surface area contributed by atoms with Crippen LogP contribution in [0, 0.1) is 6.92 Å². The van der Waals surface area contributed by atoms with Gasteiger partial charge >= 0.3 is 0 Å². The maximum Gasteiger partial charge on any atom is 0.130 e. The summed E-state index contributed by atoms with van der Waals surface area (Å²) in [7, 11) is 3.35. The van der Waals surface area contributed by atoms with Gasteiger partial charge in [0.15, 0.2) is 0 Å². The van der Waals surface area contributed by atoms with E-state index in [1.54, 1.807) is 14.2 Å². The van der Waals surface area contributed by atoms with Crippen molar-refractivity contribution in [2.45, 2.75) is 6.92 Å². The fraction of sp³-hybridized carbons (Fsp3) is 0.231. The maximum absolute atomic E-state index is 5.34. The molecule has 0 saturated carbocycles. The molecule has 2 heteroatoms. The van der Waals surface area contributed by atoms with Crippen molar-refractivity contribution < 1.29 is 9.47 Å². The van der Waals surface area contributed by atoms with Crippen LogP contribution in [-0.2, 0) is 0 Å². The van der Waals surface area contributed by atoms with Crippen LogP contribution in [0.4, 0.5) is 0 Å². The molecule has 0 aliphatic carbocycles. The predicted molar refractivity (Wildman–Crippen MR) is 61.8 cm³/mol. The van der Waals surface area contributed by atoms with Gasteiger partial charge in [-0.1, -0.05) is 24.3 Å². The lowest BCUT2D eigenvalue weighted by Crippen LogP contribution is -1.92. The first-order valence-corrected chi connectivity index (χ1v) is 4.88. The minimum atomic E-state index is 0.855. The molecule has 0 bridgehead atoms. The summed E-state index contributed by atoms with van der Waals surface area (Å²) in [5.74, 6) is 1.72. The molecule has 0 unspecified atom stereocenters. The van der Waals surface area contributed by atoms with E-state index in [4.69, 9.17) is 9.47 Å². The number of ether oxygens (including phenoxy) is 2. The molecule has 2 rings (SSSR count). The quantitative estimate of drug-likeness (QED) is 0.744. The number of aryl methyl sites for hydroxylation is 1. The zero-order valence-electron chi connectivity index (χ0n) is 9.20. The number of rotatable bonds is 2. The summed E-state index contributed by atoms with van der Waals surface area (Å²) in [4.78, 5) is 0. The molecule has 2 aromatic carbocycles. The molecule has 0 aliphatic rings. The molecule has 0 amide bonds. The molecule has 0 N–H and O–H groups in total. The van der Waals surface area contributed by atoms with Gasteiger partial charge in [0.1, 0.15) is 11.5 Å². The van der Waals surface area contributed by atoms with Gasteiger partial charge in [-0.25, -0.2) is 0 Å². The Kier molecular flexibility index (Phi) is 2.50. The lowest BCUT2D eigenvalue weighted by Gasteiger charge is -2.12. The molecule has 0 atom stereocenters. The summed E-state index contributed by atoms with van der Waals surface area (Å²) in [6.07, 6.45) is 0. The van der Waals surface area contributed by atoms with Crippen LogP contribution in [0.1, 0.15) is 5.56 Å². The topological polar surface area (TPSA) is 18.5 Å². The van der Waals surface area contributed by atoms with Crippen molar-refractivity contribution in [2.75, 3.05) is 14.2 Å². The van der Waals surface area contributed by atoms with Crippen LogP contribution in [0.25, 0.3) is 10.8 Å². The van der Waals surface area contributed by atoms with Gasteiger partial charge in [-0.05, 0) is 17.9 Å². The van der Waals surface area contributed by atoms with Crippen molar-refractivity contribution >= 4 is 10.8 Å². The second-order valence-corrected chi connectivity index (χ2v) is 3.45. The minimum Gasteiger partial charge on any atom is -0.496 e. The number of hydrogen-bond donors (Lipinski definition) is 0. The van der Waals surface area contributed by atoms with Crippen molar-refractivity contribution in [2.24, 2.45) is 0 Å². The van der Waals surface area contributed by atoms with E-state index >= 15 is 0 Å². The third-order valence-electron chi connectivity index (χ3n) is 2.67. The summed E-state index contributed by atoms with van der Waals surface area (Å²) in [6.45, 7) is 2.06. The highest BCUT2D eigenvalue weighted by Gasteiger charge is 2.08. The Balaban J connectivity index is 2.84. The van der Waals surface area contributed by atoms with Crippen LogP contribution < -0.4 is 9.47 Å². The van der Waals surface area contributed by atoms with Crippen LogP contribution in [0.5, 0.6) is 11.5 Å². The first kappa shape index (κ1) is 9.84. The van der Waals surface area contributed by atoms with E-state index in [2.05, 4.69) is 19.1 Å². The molecule has 2 aromatic rings. The normalized spacial score (nSPS) is 10.3. The number of fused-ring (bicyclic) bond motifs is 1. The van der Waals surface area contributed by atoms with Crippen LogP contribution in [0.2, 0.25) is 0 Å². The Morgan fingerprint density at radius 1 is 0.867 bits per heavy atom. The largest absolute Gasteiger partial charge is 0.496 e. The van der Waals surface area contributed by atoms with E-state index in [0.29, 0.717) is 0 Å². The van der Waals surface area contributed by atoms with Gasteiger partial charge in [0, 0.05) is 11.5 Å². The molecule has 0 radical (unpaired) electrons. The Morgan fingerprint density at radius 2 is 1.47 bits per heavy atom. The standard InChI is InChI=1S/C13H14O2/c1-9-10-6-4-5-7-11(10)13(15-3)8-12(9)14-2/h4-8H,1-3H3. The fourth-order valence-electron chi connectivity index (χ4n) is 1.84. The van der Waals surface area contributed by atoms with Crippen molar-refractivity contribution in [3.8, 4) is 11.5 Å². The third kappa shape index (κ3) is 1.52. The van der Waals surface area contributed by atoms with Crippen LogP contribution in [0.15, 0.2) is 30.3 Å². The maximum atomic E-state index is 5.34. The number of methoxy groups -OCH3 is 2. The Morgan fingerprint density at radius 3 is 2.07 bits per heavy atom. The molecular weight excluding hydrogens is 188 g/mol. The second-order valence-electron chi connectivity index (χ2n) is 3.45. The van der Waals surface area contributed by atoms with Crippen LogP contribution in [-0.4, -0.2) is 14.2 Å². The zero-order chi connectivity index (χ0) is 10.8. The second kappa shape index (κ2) is 3.81. The van der Waals surface area contributed by atoms with Gasteiger partial charge in [-0.2, -0.15) is 0 Å². The average molecular weight is 202 g/mol. The van der Waals surface area contributed by atoms with E-state index in [1.807, 2.05) is 18.2 Å². The third-order valence-corrected chi connectivity index (χ3v) is 2.67. The van der Waals surface area contributed by atoms with Crippen LogP contribution in [0.3, 0.4) is 0 Å². The van der Waals surface area contributed by atoms with Gasteiger partial charge in [-0.15, -0.1) is 0 Å². The van der Waals surface area contributed by atoms with Crippen LogP contribution >= 0.6 is 0 Å². The molecule has 0 aliphatic heterocycles. The Hall–Kier alpha value is -1.70. The fourth-order valence-corrected chi connectivity index (χ4v) is 1.84. The molecular formula is C13H14O2. The minimum absolute atomic E-state index is 0.855. The SMILES string of the molecule is COc1cc(OC)c2ccccc2c1C. The first-order chi connectivity index (χ1) is 7.27. The van der Waals surface area contributed by atoms with Gasteiger partial charge in [0.25, 0.3) is 0 Å². The van der Waals surface area contributed by atoms with E-state index in [-0.39, 0.29) is 0 Å². The summed E-state index contributed by atoms with van der Waals surface area (Å²) in [6, 6.07) is 10.1. The van der Waals surface area contributed by atoms with Crippen molar-refractivity contribution in [1.82, 2.24) is 0 Å². The van der Waals surface area contributed by atoms with Crippen molar-refractivity contribution in [1.29, 1.82) is 0 Å². The van der Waals surface area contributed by atoms with E-state index < -0.39 is 0 Å². The summed E-state index contributed by atoms with van der Waals surface area (Å²) in [5, 5.41) is 2.30. The highest BCUT2D eigenvalue weighted by molar-refractivity contribution is 5.92. The summed E-state index contributed by atoms with van der Waals surface area (Å²) < 4.78 is 10.7. The highest BCUT2D eigenvalue weighted by atomic mass is 16.5. The molecule has 15 heavy (non-hydrogen) atoms. The zero-order valence-corrected chi connectivity index (χ0v) is 9.20.